The highest BCUT2D eigenvalue weighted by atomic mass is 32.2. The van der Waals surface area contributed by atoms with Crippen molar-refractivity contribution in [2.75, 3.05) is 49.8 Å². The molecule has 10 heteroatoms. The van der Waals surface area contributed by atoms with Gasteiger partial charge in [-0.05, 0) is 6.42 Å². The Morgan fingerprint density at radius 1 is 1.22 bits per heavy atom. The van der Waals surface area contributed by atoms with Gasteiger partial charge >= 0.3 is 0 Å². The molecule has 0 N–H and O–H groups in total. The predicted octanol–water partition coefficient (Wildman–Crippen LogP) is 0.0790. The van der Waals surface area contributed by atoms with Crippen molar-refractivity contribution in [1.82, 2.24) is 14.9 Å². The highest BCUT2D eigenvalue weighted by Gasteiger charge is 2.40. The lowest BCUT2D eigenvalue weighted by Crippen LogP contribution is -2.45. The van der Waals surface area contributed by atoms with Gasteiger partial charge in [0.15, 0.2) is 15.6 Å². The Hall–Kier alpha value is -1.78. The Kier molecular flexibility index (Phi) is 4.81. The smallest absolute Gasteiger partial charge is 0.257 e. The number of rotatable bonds is 3. The fourth-order valence-corrected chi connectivity index (χ4v) is 5.65. The van der Waals surface area contributed by atoms with Gasteiger partial charge in [0.1, 0.15) is 0 Å². The van der Waals surface area contributed by atoms with Crippen molar-refractivity contribution in [2.45, 2.75) is 31.1 Å². The molecule has 1 amide bonds. The largest absolute Gasteiger partial charge is 0.347 e. The van der Waals surface area contributed by atoms with Gasteiger partial charge in [0, 0.05) is 51.4 Å². The molecule has 0 radical (unpaired) electrons. The molecule has 148 valence electrons. The van der Waals surface area contributed by atoms with E-state index < -0.39 is 15.6 Å². The van der Waals surface area contributed by atoms with Crippen LogP contribution in [0, 0.1) is 0 Å². The second kappa shape index (κ2) is 6.99. The first-order chi connectivity index (χ1) is 12.9. The third kappa shape index (κ3) is 3.78. The zero-order valence-corrected chi connectivity index (χ0v) is 16.2. The van der Waals surface area contributed by atoms with E-state index in [0.29, 0.717) is 31.1 Å². The molecule has 27 heavy (non-hydrogen) atoms. The average Bonchev–Trinajstić information content (AvgIpc) is 3.28. The summed E-state index contributed by atoms with van der Waals surface area (Å²) in [6.07, 6.45) is 5.02. The van der Waals surface area contributed by atoms with Crippen molar-refractivity contribution >= 4 is 21.7 Å². The Morgan fingerprint density at radius 3 is 2.41 bits per heavy atom. The van der Waals surface area contributed by atoms with Crippen LogP contribution in [0.3, 0.4) is 0 Å². The van der Waals surface area contributed by atoms with E-state index in [9.17, 15) is 13.2 Å². The van der Waals surface area contributed by atoms with Gasteiger partial charge in [0.25, 0.3) is 5.91 Å². The number of amides is 1. The normalized spacial score (nSPS) is 26.4. The summed E-state index contributed by atoms with van der Waals surface area (Å²) in [7, 11) is -1.41. The number of carbonyl (C=O) groups excluding carboxylic acids is 1. The van der Waals surface area contributed by atoms with Crippen molar-refractivity contribution in [3.63, 3.8) is 0 Å². The molecule has 3 fully saturated rings. The van der Waals surface area contributed by atoms with Crippen LogP contribution in [0.1, 0.15) is 29.6 Å². The van der Waals surface area contributed by atoms with Gasteiger partial charge in [0.05, 0.1) is 30.3 Å². The number of hydrogen-bond donors (Lipinski definition) is 0. The zero-order valence-electron chi connectivity index (χ0n) is 15.3. The maximum absolute atomic E-state index is 12.6. The van der Waals surface area contributed by atoms with E-state index in [2.05, 4.69) is 14.9 Å². The van der Waals surface area contributed by atoms with Gasteiger partial charge in [-0.2, -0.15) is 0 Å². The summed E-state index contributed by atoms with van der Waals surface area (Å²) < 4.78 is 34.7. The molecule has 1 atom stereocenters. The first kappa shape index (κ1) is 18.6. The molecule has 3 saturated heterocycles. The third-order valence-electron chi connectivity index (χ3n) is 5.58. The molecule has 3 aliphatic heterocycles. The summed E-state index contributed by atoms with van der Waals surface area (Å²) in [6, 6.07) is -0.285. The summed E-state index contributed by atoms with van der Waals surface area (Å²) in [5.41, 5.74) is 0.362. The second-order valence-electron chi connectivity index (χ2n) is 7.34. The number of nitrogens with zero attached hydrogens (tertiary/aromatic N) is 4. The molecule has 0 aliphatic carbocycles. The molecule has 9 nitrogen and oxygen atoms in total. The van der Waals surface area contributed by atoms with Gasteiger partial charge in [-0.15, -0.1) is 0 Å². The number of hydrogen-bond acceptors (Lipinski definition) is 8. The van der Waals surface area contributed by atoms with E-state index in [1.54, 1.807) is 7.05 Å². The van der Waals surface area contributed by atoms with Crippen LogP contribution in [-0.4, -0.2) is 85.9 Å². The van der Waals surface area contributed by atoms with Crippen molar-refractivity contribution in [3.05, 3.63) is 18.0 Å². The third-order valence-corrected chi connectivity index (χ3v) is 7.33. The molecule has 1 aromatic heterocycles. The first-order valence-electron chi connectivity index (χ1n) is 9.20. The highest BCUT2D eigenvalue weighted by molar-refractivity contribution is 7.91. The van der Waals surface area contributed by atoms with Crippen LogP contribution in [0.5, 0.6) is 0 Å². The molecule has 3 aliphatic rings. The van der Waals surface area contributed by atoms with Crippen LogP contribution in [0.15, 0.2) is 12.4 Å². The fraction of sp³-hybridized carbons (Fsp3) is 0.706. The number of piperidine rings is 1. The highest BCUT2D eigenvalue weighted by Crippen LogP contribution is 2.32. The minimum atomic E-state index is -3.04. The van der Waals surface area contributed by atoms with Crippen LogP contribution in [0.4, 0.5) is 5.95 Å². The van der Waals surface area contributed by atoms with Crippen LogP contribution in [-0.2, 0) is 19.3 Å². The standard InChI is InChI=1S/C17H24N4O5S/c1-20(14-2-9-27(23,24)12-14)15(22)13-10-18-16(19-11-13)21-5-3-17(4-6-21)25-7-8-26-17/h10-11,14H,2-9,12H2,1H3. The van der Waals surface area contributed by atoms with Crippen molar-refractivity contribution in [2.24, 2.45) is 0 Å². The van der Waals surface area contributed by atoms with Crippen molar-refractivity contribution in [3.8, 4) is 0 Å². The number of anilines is 1. The summed E-state index contributed by atoms with van der Waals surface area (Å²) >= 11 is 0. The molecule has 1 aromatic rings. The van der Waals surface area contributed by atoms with Crippen LogP contribution in [0.25, 0.3) is 0 Å². The van der Waals surface area contributed by atoms with E-state index in [1.165, 1.54) is 17.3 Å². The minimum Gasteiger partial charge on any atom is -0.347 e. The molecule has 1 spiro atoms. The van der Waals surface area contributed by atoms with E-state index in [0.717, 1.165) is 25.9 Å². The Balaban J connectivity index is 1.38. The lowest BCUT2D eigenvalue weighted by molar-refractivity contribution is -0.169. The molecule has 0 aromatic carbocycles. The monoisotopic (exact) mass is 396 g/mol. The van der Waals surface area contributed by atoms with E-state index in [4.69, 9.17) is 9.47 Å². The van der Waals surface area contributed by atoms with Gasteiger partial charge in [-0.3, -0.25) is 4.79 Å². The fourth-order valence-electron chi connectivity index (χ4n) is 3.88. The summed E-state index contributed by atoms with van der Waals surface area (Å²) in [4.78, 5) is 24.8. The van der Waals surface area contributed by atoms with Crippen LogP contribution >= 0.6 is 0 Å². The minimum absolute atomic E-state index is 0.0217. The lowest BCUT2D eigenvalue weighted by Gasteiger charge is -2.37. The Morgan fingerprint density at radius 2 is 1.85 bits per heavy atom. The molecular weight excluding hydrogens is 372 g/mol. The Bertz CT molecular complexity index is 797. The number of carbonyl (C=O) groups is 1. The summed E-state index contributed by atoms with van der Waals surface area (Å²) in [6.45, 7) is 2.74. The SMILES string of the molecule is CN(C(=O)c1cnc(N2CCC3(CC2)OCCO3)nc1)C1CCS(=O)(=O)C1. The molecular formula is C17H24N4O5S. The van der Waals surface area contributed by atoms with Gasteiger partial charge in [-0.25, -0.2) is 18.4 Å². The molecule has 1 unspecified atom stereocenters. The summed E-state index contributed by atoms with van der Waals surface area (Å²) in [5, 5.41) is 0. The van der Waals surface area contributed by atoms with E-state index >= 15 is 0 Å². The molecule has 4 rings (SSSR count). The molecule has 0 bridgehead atoms. The van der Waals surface area contributed by atoms with Crippen LogP contribution < -0.4 is 4.90 Å². The topological polar surface area (TPSA) is 102 Å². The van der Waals surface area contributed by atoms with Crippen molar-refractivity contribution < 1.29 is 22.7 Å². The second-order valence-corrected chi connectivity index (χ2v) is 9.57. The maximum Gasteiger partial charge on any atom is 0.257 e. The van der Waals surface area contributed by atoms with Gasteiger partial charge < -0.3 is 19.3 Å². The Labute approximate surface area is 158 Å². The number of ether oxygens (including phenoxy) is 2. The number of sulfone groups is 1. The van der Waals surface area contributed by atoms with E-state index in [-0.39, 0.29) is 23.5 Å². The lowest BCUT2D eigenvalue weighted by atomic mass is 10.0. The van der Waals surface area contributed by atoms with E-state index in [1.807, 2.05) is 0 Å². The predicted molar refractivity (Wildman–Crippen MR) is 97.3 cm³/mol. The zero-order chi connectivity index (χ0) is 19.1. The molecule has 4 heterocycles. The maximum atomic E-state index is 12.6. The quantitative estimate of drug-likeness (QED) is 0.708. The van der Waals surface area contributed by atoms with Gasteiger partial charge in [-0.1, -0.05) is 0 Å². The van der Waals surface area contributed by atoms with Crippen LogP contribution in [0.2, 0.25) is 0 Å². The van der Waals surface area contributed by atoms with Crippen molar-refractivity contribution in [1.29, 1.82) is 0 Å². The first-order valence-corrected chi connectivity index (χ1v) is 11.0. The number of aromatic nitrogens is 2. The summed E-state index contributed by atoms with van der Waals surface area (Å²) in [5.74, 6) is 0.0265. The molecule has 0 saturated carbocycles. The average molecular weight is 396 g/mol. The van der Waals surface area contributed by atoms with Gasteiger partial charge in [0.2, 0.25) is 5.95 Å².